The first-order chi connectivity index (χ1) is 9.19. The Morgan fingerprint density at radius 3 is 2.68 bits per heavy atom. The van der Waals surface area contributed by atoms with Crippen LogP contribution in [0.4, 0.5) is 0 Å². The van der Waals surface area contributed by atoms with Crippen LogP contribution in [-0.4, -0.2) is 24.2 Å². The van der Waals surface area contributed by atoms with Crippen LogP contribution in [0, 0.1) is 22.2 Å². The van der Waals surface area contributed by atoms with Gasteiger partial charge in [-0.1, -0.05) is 12.8 Å². The number of ether oxygens (including phenoxy) is 1. The van der Waals surface area contributed by atoms with Crippen molar-refractivity contribution in [2.75, 3.05) is 0 Å². The SMILES string of the molecule is N#CC1(C(=O)NC2CC3CCC2O3)CC12CCCC2. The summed E-state index contributed by atoms with van der Waals surface area (Å²) in [7, 11) is 0. The minimum absolute atomic E-state index is 0.0157. The van der Waals surface area contributed by atoms with Gasteiger partial charge in [0.05, 0.1) is 24.3 Å². The first-order valence-electron chi connectivity index (χ1n) is 7.57. The summed E-state index contributed by atoms with van der Waals surface area (Å²) >= 11 is 0. The summed E-state index contributed by atoms with van der Waals surface area (Å²) in [5, 5.41) is 12.6. The van der Waals surface area contributed by atoms with Crippen LogP contribution in [0.25, 0.3) is 0 Å². The maximum absolute atomic E-state index is 12.6. The molecule has 2 heterocycles. The Labute approximate surface area is 113 Å². The van der Waals surface area contributed by atoms with Gasteiger partial charge in [-0.25, -0.2) is 0 Å². The minimum Gasteiger partial charge on any atom is -0.373 e. The molecule has 4 atom stereocenters. The zero-order valence-corrected chi connectivity index (χ0v) is 11.2. The molecule has 4 aliphatic rings. The molecule has 2 saturated heterocycles. The van der Waals surface area contributed by atoms with Gasteiger partial charge in [0, 0.05) is 5.41 Å². The number of nitrogens with one attached hydrogen (secondary N) is 1. The standard InChI is InChI=1S/C15H20N2O2/c16-9-15(8-14(15)5-1-2-6-14)13(18)17-11-7-10-3-4-12(11)19-10/h10-12H,1-8H2,(H,17,18). The number of fused-ring (bicyclic) bond motifs is 2. The van der Waals surface area contributed by atoms with Crippen molar-refractivity contribution in [2.45, 2.75) is 69.6 Å². The van der Waals surface area contributed by atoms with Crippen molar-refractivity contribution in [1.82, 2.24) is 5.32 Å². The molecule has 0 aromatic rings. The molecule has 102 valence electrons. The molecule has 2 saturated carbocycles. The molecule has 4 heteroatoms. The summed E-state index contributed by atoms with van der Waals surface area (Å²) in [4.78, 5) is 12.6. The first-order valence-corrected chi connectivity index (χ1v) is 7.57. The Balaban J connectivity index is 1.47. The summed E-state index contributed by atoms with van der Waals surface area (Å²) in [6.45, 7) is 0. The summed E-state index contributed by atoms with van der Waals surface area (Å²) < 4.78 is 5.77. The van der Waals surface area contributed by atoms with Crippen LogP contribution in [0.2, 0.25) is 0 Å². The lowest BCUT2D eigenvalue weighted by molar-refractivity contribution is -0.126. The second kappa shape index (κ2) is 3.73. The van der Waals surface area contributed by atoms with Crippen LogP contribution in [0.3, 0.4) is 0 Å². The predicted molar refractivity (Wildman–Crippen MR) is 68.0 cm³/mol. The van der Waals surface area contributed by atoms with E-state index in [0.29, 0.717) is 6.10 Å². The van der Waals surface area contributed by atoms with Gasteiger partial charge in [-0.2, -0.15) is 5.26 Å². The second-order valence-corrected chi connectivity index (χ2v) is 6.87. The third-order valence-corrected chi connectivity index (χ3v) is 5.95. The summed E-state index contributed by atoms with van der Waals surface area (Å²) in [6.07, 6.45) is 8.90. The van der Waals surface area contributed by atoms with E-state index in [9.17, 15) is 10.1 Å². The number of hydrogen-bond donors (Lipinski definition) is 1. The average molecular weight is 260 g/mol. The molecule has 0 radical (unpaired) electrons. The molecule has 4 nitrogen and oxygen atoms in total. The van der Waals surface area contributed by atoms with Crippen LogP contribution in [0.1, 0.15) is 51.4 Å². The fraction of sp³-hybridized carbons (Fsp3) is 0.867. The quantitative estimate of drug-likeness (QED) is 0.824. The van der Waals surface area contributed by atoms with Crippen molar-refractivity contribution in [3.8, 4) is 6.07 Å². The smallest absolute Gasteiger partial charge is 0.241 e. The van der Waals surface area contributed by atoms with E-state index in [1.54, 1.807) is 0 Å². The maximum Gasteiger partial charge on any atom is 0.241 e. The molecule has 2 aliphatic carbocycles. The van der Waals surface area contributed by atoms with E-state index in [1.807, 2.05) is 0 Å². The number of hydrogen-bond acceptors (Lipinski definition) is 3. The van der Waals surface area contributed by atoms with Crippen molar-refractivity contribution in [1.29, 1.82) is 5.26 Å². The number of rotatable bonds is 2. The first kappa shape index (κ1) is 11.7. The molecule has 0 aromatic heterocycles. The third-order valence-electron chi connectivity index (χ3n) is 5.95. The van der Waals surface area contributed by atoms with Gasteiger partial charge in [0.2, 0.25) is 5.91 Å². The Kier molecular flexibility index (Phi) is 2.30. The summed E-state index contributed by atoms with van der Waals surface area (Å²) in [5.41, 5.74) is -0.699. The van der Waals surface area contributed by atoms with E-state index in [0.717, 1.165) is 38.5 Å². The van der Waals surface area contributed by atoms with Gasteiger partial charge in [-0.05, 0) is 38.5 Å². The van der Waals surface area contributed by atoms with Gasteiger partial charge >= 0.3 is 0 Å². The van der Waals surface area contributed by atoms with Gasteiger partial charge in [0.1, 0.15) is 5.41 Å². The number of carbonyl (C=O) groups is 1. The monoisotopic (exact) mass is 260 g/mol. The van der Waals surface area contributed by atoms with E-state index in [4.69, 9.17) is 4.74 Å². The Morgan fingerprint density at radius 2 is 2.11 bits per heavy atom. The van der Waals surface area contributed by atoms with Crippen LogP contribution in [0.5, 0.6) is 0 Å². The number of carbonyl (C=O) groups excluding carboxylic acids is 1. The second-order valence-electron chi connectivity index (χ2n) is 6.87. The van der Waals surface area contributed by atoms with Gasteiger partial charge in [0.15, 0.2) is 0 Å². The topological polar surface area (TPSA) is 62.1 Å². The Bertz CT molecular complexity index is 463. The van der Waals surface area contributed by atoms with Crippen LogP contribution >= 0.6 is 0 Å². The molecule has 2 bridgehead atoms. The van der Waals surface area contributed by atoms with Gasteiger partial charge in [-0.3, -0.25) is 4.79 Å². The summed E-state index contributed by atoms with van der Waals surface area (Å²) in [6, 6.07) is 2.50. The molecule has 19 heavy (non-hydrogen) atoms. The van der Waals surface area contributed by atoms with Crippen molar-refractivity contribution >= 4 is 5.91 Å². The highest BCUT2D eigenvalue weighted by Crippen LogP contribution is 2.71. The Hall–Kier alpha value is -1.08. The lowest BCUT2D eigenvalue weighted by atomic mass is 9.90. The molecular weight excluding hydrogens is 240 g/mol. The highest BCUT2D eigenvalue weighted by molar-refractivity contribution is 5.90. The number of nitriles is 1. The maximum atomic E-state index is 12.6. The van der Waals surface area contributed by atoms with Crippen LogP contribution in [0.15, 0.2) is 0 Å². The zero-order valence-electron chi connectivity index (χ0n) is 11.2. The number of nitrogens with zero attached hydrogens (tertiary/aromatic N) is 1. The highest BCUT2D eigenvalue weighted by atomic mass is 16.5. The average Bonchev–Trinajstić information content (AvgIpc) is 2.87. The van der Waals surface area contributed by atoms with Crippen LogP contribution in [-0.2, 0) is 9.53 Å². The Morgan fingerprint density at radius 1 is 1.32 bits per heavy atom. The van der Waals surface area contributed by atoms with Crippen LogP contribution < -0.4 is 5.32 Å². The van der Waals surface area contributed by atoms with Crippen molar-refractivity contribution in [3.63, 3.8) is 0 Å². The van der Waals surface area contributed by atoms with Gasteiger partial charge < -0.3 is 10.1 Å². The lowest BCUT2D eigenvalue weighted by Gasteiger charge is -2.23. The fourth-order valence-corrected chi connectivity index (χ4v) is 4.73. The van der Waals surface area contributed by atoms with Gasteiger partial charge in [-0.15, -0.1) is 0 Å². The lowest BCUT2D eigenvalue weighted by Crippen LogP contribution is -2.45. The zero-order chi connectivity index (χ0) is 13.1. The molecule has 4 unspecified atom stereocenters. The summed E-state index contributed by atoms with van der Waals surface area (Å²) in [5.74, 6) is -0.0157. The molecule has 0 aromatic carbocycles. The third kappa shape index (κ3) is 1.45. The normalized spacial score (nSPS) is 45.3. The minimum atomic E-state index is -0.717. The van der Waals surface area contributed by atoms with E-state index in [-0.39, 0.29) is 23.5 Å². The van der Waals surface area contributed by atoms with Crippen molar-refractivity contribution in [2.24, 2.45) is 10.8 Å². The predicted octanol–water partition coefficient (Wildman–Crippen LogP) is 1.90. The highest BCUT2D eigenvalue weighted by Gasteiger charge is 2.73. The molecular formula is C15H20N2O2. The number of amides is 1. The molecule has 4 rings (SSSR count). The molecule has 2 aliphatic heterocycles. The van der Waals surface area contributed by atoms with Crippen molar-refractivity contribution < 1.29 is 9.53 Å². The van der Waals surface area contributed by atoms with E-state index < -0.39 is 5.41 Å². The van der Waals surface area contributed by atoms with E-state index in [2.05, 4.69) is 11.4 Å². The van der Waals surface area contributed by atoms with E-state index >= 15 is 0 Å². The fourth-order valence-electron chi connectivity index (χ4n) is 4.73. The molecule has 4 fully saturated rings. The largest absolute Gasteiger partial charge is 0.373 e. The van der Waals surface area contributed by atoms with Crippen molar-refractivity contribution in [3.05, 3.63) is 0 Å². The van der Waals surface area contributed by atoms with E-state index in [1.165, 1.54) is 12.8 Å². The van der Waals surface area contributed by atoms with Gasteiger partial charge in [0.25, 0.3) is 0 Å². The molecule has 1 N–H and O–H groups in total. The molecule has 1 spiro atoms. The molecule has 1 amide bonds.